The molecule has 128 valence electrons. The summed E-state index contributed by atoms with van der Waals surface area (Å²) in [5.74, 6) is 1.16. The largest absolute Gasteiger partial charge is 0.382 e. The van der Waals surface area contributed by atoms with Crippen LogP contribution in [0, 0.1) is 6.92 Å². The summed E-state index contributed by atoms with van der Waals surface area (Å²) in [6.07, 6.45) is 3.42. The van der Waals surface area contributed by atoms with Crippen LogP contribution in [-0.4, -0.2) is 19.7 Å². The van der Waals surface area contributed by atoms with Gasteiger partial charge in [-0.25, -0.2) is 4.98 Å². The average Bonchev–Trinajstić information content (AvgIpc) is 3.07. The lowest BCUT2D eigenvalue weighted by molar-refractivity contribution is 0.920. The van der Waals surface area contributed by atoms with Crippen molar-refractivity contribution in [3.63, 3.8) is 0 Å². The third kappa shape index (κ3) is 2.90. The Morgan fingerprint density at radius 3 is 2.58 bits per heavy atom. The summed E-state index contributed by atoms with van der Waals surface area (Å²) in [4.78, 5) is 4.21. The first-order chi connectivity index (χ1) is 12.6. The SMILES string of the molecule is Cc1ccc2cnc(N)c(/N=N/c3ccc(-c4nncn4C)cc3)c2c1. The molecule has 0 aliphatic heterocycles. The van der Waals surface area contributed by atoms with Crippen LogP contribution in [0.2, 0.25) is 0 Å². The molecule has 0 bridgehead atoms. The first-order valence-electron chi connectivity index (χ1n) is 8.13. The Labute approximate surface area is 150 Å². The van der Waals surface area contributed by atoms with Crippen LogP contribution in [0.1, 0.15) is 5.56 Å². The summed E-state index contributed by atoms with van der Waals surface area (Å²) in [5, 5.41) is 18.6. The number of azo groups is 1. The molecular formula is C19H17N7. The molecule has 0 saturated heterocycles. The fraction of sp³-hybridized carbons (Fsp3) is 0.105. The highest BCUT2D eigenvalue weighted by molar-refractivity contribution is 5.96. The zero-order valence-corrected chi connectivity index (χ0v) is 14.5. The molecule has 0 aliphatic carbocycles. The molecule has 0 saturated carbocycles. The van der Waals surface area contributed by atoms with Gasteiger partial charge in [0.2, 0.25) is 0 Å². The molecule has 0 atom stereocenters. The third-order valence-electron chi connectivity index (χ3n) is 4.15. The monoisotopic (exact) mass is 343 g/mol. The predicted molar refractivity (Wildman–Crippen MR) is 102 cm³/mol. The smallest absolute Gasteiger partial charge is 0.163 e. The van der Waals surface area contributed by atoms with Gasteiger partial charge in [-0.2, -0.15) is 5.11 Å². The van der Waals surface area contributed by atoms with E-state index in [2.05, 4.69) is 25.4 Å². The Balaban J connectivity index is 1.68. The molecule has 0 spiro atoms. The molecule has 0 fully saturated rings. The van der Waals surface area contributed by atoms with E-state index >= 15 is 0 Å². The van der Waals surface area contributed by atoms with Gasteiger partial charge in [0.1, 0.15) is 12.0 Å². The van der Waals surface area contributed by atoms with E-state index in [0.717, 1.165) is 33.4 Å². The topological polar surface area (TPSA) is 94.3 Å². The van der Waals surface area contributed by atoms with Crippen molar-refractivity contribution in [3.05, 3.63) is 60.6 Å². The second kappa shape index (κ2) is 6.36. The number of rotatable bonds is 3. The fourth-order valence-corrected chi connectivity index (χ4v) is 2.76. The maximum absolute atomic E-state index is 6.02. The normalized spacial score (nSPS) is 11.5. The van der Waals surface area contributed by atoms with Crippen LogP contribution >= 0.6 is 0 Å². The molecule has 2 aromatic heterocycles. The van der Waals surface area contributed by atoms with Gasteiger partial charge in [-0.1, -0.05) is 17.7 Å². The van der Waals surface area contributed by atoms with Gasteiger partial charge >= 0.3 is 0 Å². The van der Waals surface area contributed by atoms with Gasteiger partial charge in [0, 0.05) is 29.6 Å². The first-order valence-corrected chi connectivity index (χ1v) is 8.13. The summed E-state index contributed by atoms with van der Waals surface area (Å²) in [6.45, 7) is 2.03. The van der Waals surface area contributed by atoms with E-state index in [4.69, 9.17) is 5.73 Å². The molecule has 0 amide bonds. The van der Waals surface area contributed by atoms with Crippen molar-refractivity contribution >= 4 is 28.0 Å². The minimum atomic E-state index is 0.363. The van der Waals surface area contributed by atoms with E-state index in [1.165, 1.54) is 0 Å². The predicted octanol–water partition coefficient (Wildman–Crippen LogP) is 4.34. The van der Waals surface area contributed by atoms with Gasteiger partial charge in [-0.3, -0.25) is 0 Å². The summed E-state index contributed by atoms with van der Waals surface area (Å²) in [7, 11) is 1.90. The van der Waals surface area contributed by atoms with Crippen LogP contribution in [0.3, 0.4) is 0 Å². The van der Waals surface area contributed by atoms with Crippen LogP contribution in [0.15, 0.2) is 65.2 Å². The van der Waals surface area contributed by atoms with Crippen molar-refractivity contribution in [2.75, 3.05) is 5.73 Å². The number of aryl methyl sites for hydroxylation is 2. The van der Waals surface area contributed by atoms with Crippen molar-refractivity contribution in [2.24, 2.45) is 17.3 Å². The number of aromatic nitrogens is 4. The zero-order valence-electron chi connectivity index (χ0n) is 14.5. The number of nitrogens with two attached hydrogens (primary N) is 1. The first kappa shape index (κ1) is 15.9. The second-order valence-corrected chi connectivity index (χ2v) is 6.10. The van der Waals surface area contributed by atoms with Gasteiger partial charge < -0.3 is 10.3 Å². The molecule has 0 radical (unpaired) electrons. The minimum Gasteiger partial charge on any atom is -0.382 e. The highest BCUT2D eigenvalue weighted by Crippen LogP contribution is 2.32. The quantitative estimate of drug-likeness (QED) is 0.560. The van der Waals surface area contributed by atoms with E-state index in [1.54, 1.807) is 12.5 Å². The van der Waals surface area contributed by atoms with Crippen molar-refractivity contribution in [1.29, 1.82) is 0 Å². The van der Waals surface area contributed by atoms with Crippen LogP contribution < -0.4 is 5.73 Å². The van der Waals surface area contributed by atoms with Crippen molar-refractivity contribution in [3.8, 4) is 11.4 Å². The molecule has 4 rings (SSSR count). The molecule has 2 N–H and O–H groups in total. The van der Waals surface area contributed by atoms with E-state index in [9.17, 15) is 0 Å². The number of pyridine rings is 1. The minimum absolute atomic E-state index is 0.363. The number of anilines is 1. The molecule has 2 aromatic carbocycles. The molecule has 4 aromatic rings. The Kier molecular flexibility index (Phi) is 3.89. The average molecular weight is 343 g/mol. The molecule has 0 unspecified atom stereocenters. The number of benzene rings is 2. The molecule has 7 heteroatoms. The molecule has 7 nitrogen and oxygen atoms in total. The lowest BCUT2D eigenvalue weighted by Crippen LogP contribution is -1.91. The Bertz CT molecular complexity index is 1110. The van der Waals surface area contributed by atoms with E-state index < -0.39 is 0 Å². The molecule has 2 heterocycles. The maximum Gasteiger partial charge on any atom is 0.163 e. The number of nitrogen functional groups attached to an aromatic ring is 1. The Hall–Kier alpha value is -3.61. The summed E-state index contributed by atoms with van der Waals surface area (Å²) < 4.78 is 1.86. The van der Waals surface area contributed by atoms with Crippen molar-refractivity contribution < 1.29 is 0 Å². The lowest BCUT2D eigenvalue weighted by atomic mass is 10.1. The van der Waals surface area contributed by atoms with E-state index in [-0.39, 0.29) is 0 Å². The highest BCUT2D eigenvalue weighted by atomic mass is 15.2. The van der Waals surface area contributed by atoms with Gasteiger partial charge in [-0.05, 0) is 37.3 Å². The Morgan fingerprint density at radius 1 is 1.04 bits per heavy atom. The lowest BCUT2D eigenvalue weighted by Gasteiger charge is -2.05. The summed E-state index contributed by atoms with van der Waals surface area (Å²) >= 11 is 0. The van der Waals surface area contributed by atoms with Crippen LogP contribution in [0.4, 0.5) is 17.2 Å². The number of hydrogen-bond acceptors (Lipinski definition) is 6. The van der Waals surface area contributed by atoms with Gasteiger partial charge in [0.25, 0.3) is 0 Å². The van der Waals surface area contributed by atoms with Crippen LogP contribution in [0.5, 0.6) is 0 Å². The molecule has 0 aliphatic rings. The molecular weight excluding hydrogens is 326 g/mol. The Morgan fingerprint density at radius 2 is 1.85 bits per heavy atom. The zero-order chi connectivity index (χ0) is 18.1. The van der Waals surface area contributed by atoms with E-state index in [0.29, 0.717) is 11.5 Å². The number of nitrogens with zero attached hydrogens (tertiary/aromatic N) is 6. The molecule has 26 heavy (non-hydrogen) atoms. The van der Waals surface area contributed by atoms with Crippen LogP contribution in [-0.2, 0) is 7.05 Å². The highest BCUT2D eigenvalue weighted by Gasteiger charge is 2.07. The fourth-order valence-electron chi connectivity index (χ4n) is 2.76. The van der Waals surface area contributed by atoms with Gasteiger partial charge in [-0.15, -0.1) is 15.3 Å². The van der Waals surface area contributed by atoms with Crippen molar-refractivity contribution in [2.45, 2.75) is 6.92 Å². The number of fused-ring (bicyclic) bond motifs is 1. The van der Waals surface area contributed by atoms with Crippen molar-refractivity contribution in [1.82, 2.24) is 19.7 Å². The van der Waals surface area contributed by atoms with Gasteiger partial charge in [0.05, 0.1) is 5.69 Å². The summed E-state index contributed by atoms with van der Waals surface area (Å²) in [6, 6.07) is 13.7. The summed E-state index contributed by atoms with van der Waals surface area (Å²) in [5.41, 5.74) is 9.43. The van der Waals surface area contributed by atoms with Crippen LogP contribution in [0.25, 0.3) is 22.2 Å². The maximum atomic E-state index is 6.02. The van der Waals surface area contributed by atoms with E-state index in [1.807, 2.05) is 61.0 Å². The second-order valence-electron chi connectivity index (χ2n) is 6.10. The third-order valence-corrected chi connectivity index (χ3v) is 4.15. The number of hydrogen-bond donors (Lipinski definition) is 1. The standard InChI is InChI=1S/C19H17N7/c1-12-3-4-14-10-21-18(20)17(16(14)9-12)24-23-15-7-5-13(6-8-15)19-25-22-11-26(19)2/h3-11H,1-2H3,(H2,20,21)/b24-23+. The van der Waals surface area contributed by atoms with Gasteiger partial charge in [0.15, 0.2) is 11.6 Å².